The molecule has 4 rings (SSSR count). The molecular weight excluding hydrogens is 396 g/mol. The van der Waals surface area contributed by atoms with Crippen LogP contribution in [0.1, 0.15) is 51.3 Å². The summed E-state index contributed by atoms with van der Waals surface area (Å²) in [4.78, 5) is 31.8. The molecule has 0 saturated heterocycles. The number of thiazole rings is 1. The van der Waals surface area contributed by atoms with Crippen LogP contribution in [0.2, 0.25) is 0 Å². The van der Waals surface area contributed by atoms with Gasteiger partial charge in [-0.15, -0.1) is 0 Å². The minimum absolute atomic E-state index is 0.0171. The smallest absolute Gasteiger partial charge is 0.296 e. The molecule has 6 heteroatoms. The Labute approximate surface area is 179 Å². The van der Waals surface area contributed by atoms with Crippen molar-refractivity contribution in [1.82, 2.24) is 4.98 Å². The van der Waals surface area contributed by atoms with Crippen molar-refractivity contribution in [3.8, 4) is 0 Å². The average Bonchev–Trinajstić information content (AvgIpc) is 3.26. The van der Waals surface area contributed by atoms with E-state index < -0.39 is 17.7 Å². The maximum Gasteiger partial charge on any atom is 0.296 e. The first-order valence-electron chi connectivity index (χ1n) is 9.98. The first-order chi connectivity index (χ1) is 14.2. The lowest BCUT2D eigenvalue weighted by atomic mass is 9.85. The van der Waals surface area contributed by atoms with Gasteiger partial charge >= 0.3 is 0 Å². The van der Waals surface area contributed by atoms with Crippen LogP contribution >= 0.6 is 11.3 Å². The molecule has 0 spiro atoms. The van der Waals surface area contributed by atoms with Crippen LogP contribution < -0.4 is 4.90 Å². The number of nitrogens with zero attached hydrogens (tertiary/aromatic N) is 2. The molecule has 0 saturated carbocycles. The number of fused-ring (bicyclic) bond motifs is 1. The van der Waals surface area contributed by atoms with Crippen molar-refractivity contribution in [1.29, 1.82) is 0 Å². The zero-order valence-corrected chi connectivity index (χ0v) is 18.3. The molecule has 1 aromatic heterocycles. The fourth-order valence-corrected chi connectivity index (χ4v) is 4.71. The maximum absolute atomic E-state index is 13.1. The molecule has 1 unspecified atom stereocenters. The summed E-state index contributed by atoms with van der Waals surface area (Å²) < 4.78 is 0.942. The third-order valence-electron chi connectivity index (χ3n) is 5.41. The monoisotopic (exact) mass is 420 g/mol. The van der Waals surface area contributed by atoms with E-state index in [0.717, 1.165) is 21.3 Å². The van der Waals surface area contributed by atoms with Crippen LogP contribution in [0, 0.1) is 0 Å². The van der Waals surface area contributed by atoms with Crippen molar-refractivity contribution >= 4 is 38.4 Å². The molecule has 1 atom stereocenters. The van der Waals surface area contributed by atoms with Crippen LogP contribution in [0.15, 0.2) is 59.9 Å². The standard InChI is InChI=1S/C24H24N2O3S/c1-5-17(27)19-20(14-10-12-15(13-11-14)24(2,3)4)26(22(29)21(19)28)23-25-16-8-6-7-9-18(16)30-23/h6-13,20,28H,5H2,1-4H3. The van der Waals surface area contributed by atoms with Gasteiger partial charge in [0.2, 0.25) is 0 Å². The van der Waals surface area contributed by atoms with Crippen LogP contribution in [0.5, 0.6) is 0 Å². The Morgan fingerprint density at radius 1 is 1.13 bits per heavy atom. The number of aliphatic hydroxyl groups excluding tert-OH is 1. The van der Waals surface area contributed by atoms with Crippen molar-refractivity contribution in [2.45, 2.75) is 45.6 Å². The lowest BCUT2D eigenvalue weighted by Gasteiger charge is -2.25. The molecule has 2 heterocycles. The second-order valence-electron chi connectivity index (χ2n) is 8.45. The Balaban J connectivity index is 1.86. The first-order valence-corrected chi connectivity index (χ1v) is 10.8. The van der Waals surface area contributed by atoms with E-state index in [1.54, 1.807) is 6.92 Å². The third-order valence-corrected chi connectivity index (χ3v) is 6.45. The Bertz CT molecular complexity index is 1140. The van der Waals surface area contributed by atoms with Gasteiger partial charge < -0.3 is 5.11 Å². The minimum Gasteiger partial charge on any atom is -0.503 e. The second kappa shape index (κ2) is 7.36. The molecule has 1 amide bonds. The largest absolute Gasteiger partial charge is 0.503 e. The van der Waals surface area contributed by atoms with E-state index in [9.17, 15) is 14.7 Å². The predicted molar refractivity (Wildman–Crippen MR) is 120 cm³/mol. The van der Waals surface area contributed by atoms with Crippen molar-refractivity contribution in [2.75, 3.05) is 4.90 Å². The summed E-state index contributed by atoms with van der Waals surface area (Å²) in [5, 5.41) is 11.1. The van der Waals surface area contributed by atoms with Gasteiger partial charge in [0.25, 0.3) is 5.91 Å². The van der Waals surface area contributed by atoms with Crippen molar-refractivity contribution < 1.29 is 14.7 Å². The van der Waals surface area contributed by atoms with Crippen LogP contribution in [-0.4, -0.2) is 21.8 Å². The number of amides is 1. The topological polar surface area (TPSA) is 70.5 Å². The molecule has 1 aliphatic rings. The Morgan fingerprint density at radius 3 is 2.40 bits per heavy atom. The highest BCUT2D eigenvalue weighted by atomic mass is 32.1. The fraction of sp³-hybridized carbons (Fsp3) is 0.292. The van der Waals surface area contributed by atoms with Crippen LogP contribution in [0.25, 0.3) is 10.2 Å². The number of para-hydroxylation sites is 1. The lowest BCUT2D eigenvalue weighted by molar-refractivity contribution is -0.118. The molecule has 2 aromatic carbocycles. The minimum atomic E-state index is -0.695. The average molecular weight is 421 g/mol. The van der Waals surface area contributed by atoms with Gasteiger partial charge in [-0.25, -0.2) is 4.98 Å². The normalized spacial score (nSPS) is 17.3. The maximum atomic E-state index is 13.1. The number of benzene rings is 2. The first kappa shape index (κ1) is 20.3. The summed E-state index contributed by atoms with van der Waals surface area (Å²) in [6.45, 7) is 8.12. The van der Waals surface area contributed by atoms with E-state index in [2.05, 4.69) is 25.8 Å². The number of anilines is 1. The number of rotatable bonds is 4. The van der Waals surface area contributed by atoms with E-state index in [-0.39, 0.29) is 23.2 Å². The van der Waals surface area contributed by atoms with Crippen LogP contribution in [-0.2, 0) is 15.0 Å². The molecule has 0 aliphatic carbocycles. The number of hydrogen-bond acceptors (Lipinski definition) is 5. The zero-order chi connectivity index (χ0) is 21.6. The van der Waals surface area contributed by atoms with Gasteiger partial charge in [-0.2, -0.15) is 0 Å². The number of aliphatic hydroxyl groups is 1. The number of hydrogen-bond donors (Lipinski definition) is 1. The molecular formula is C24H24N2O3S. The Kier molecular flexibility index (Phi) is 4.98. The molecule has 0 bridgehead atoms. The van der Waals surface area contributed by atoms with Crippen LogP contribution in [0.4, 0.5) is 5.13 Å². The van der Waals surface area contributed by atoms with Gasteiger partial charge in [-0.1, -0.05) is 75.4 Å². The van der Waals surface area contributed by atoms with E-state index in [4.69, 9.17) is 0 Å². The molecule has 1 N–H and O–H groups in total. The van der Waals surface area contributed by atoms with Gasteiger partial charge in [0.15, 0.2) is 16.7 Å². The SMILES string of the molecule is CCC(=O)C1=C(O)C(=O)N(c2nc3ccccc3s2)C1c1ccc(C(C)(C)C)cc1. The van der Waals surface area contributed by atoms with E-state index in [0.29, 0.717) is 5.13 Å². The molecule has 154 valence electrons. The van der Waals surface area contributed by atoms with Crippen molar-refractivity contribution in [3.63, 3.8) is 0 Å². The zero-order valence-electron chi connectivity index (χ0n) is 17.5. The van der Waals surface area contributed by atoms with Gasteiger partial charge in [0.05, 0.1) is 21.8 Å². The number of carbonyl (C=O) groups is 2. The quantitative estimate of drug-likeness (QED) is 0.607. The van der Waals surface area contributed by atoms with Crippen molar-refractivity contribution in [3.05, 3.63) is 71.0 Å². The number of Topliss-reactive ketones (excluding diaryl/α,β-unsaturated/α-hetero) is 1. The highest BCUT2D eigenvalue weighted by molar-refractivity contribution is 7.22. The lowest BCUT2D eigenvalue weighted by Crippen LogP contribution is -2.31. The predicted octanol–water partition coefficient (Wildman–Crippen LogP) is 5.47. The van der Waals surface area contributed by atoms with Gasteiger partial charge in [-0.3, -0.25) is 14.5 Å². The van der Waals surface area contributed by atoms with Gasteiger partial charge in [0.1, 0.15) is 0 Å². The molecule has 1 aliphatic heterocycles. The summed E-state index contributed by atoms with van der Waals surface area (Å²) >= 11 is 1.37. The fourth-order valence-electron chi connectivity index (χ4n) is 3.72. The van der Waals surface area contributed by atoms with Crippen molar-refractivity contribution in [2.24, 2.45) is 0 Å². The summed E-state index contributed by atoms with van der Waals surface area (Å²) in [5.41, 5.74) is 2.83. The molecule has 5 nitrogen and oxygen atoms in total. The highest BCUT2D eigenvalue weighted by Crippen LogP contribution is 2.43. The molecule has 30 heavy (non-hydrogen) atoms. The van der Waals surface area contributed by atoms with E-state index in [1.165, 1.54) is 16.2 Å². The second-order valence-corrected chi connectivity index (χ2v) is 9.46. The summed E-state index contributed by atoms with van der Waals surface area (Å²) in [7, 11) is 0. The van der Waals surface area contributed by atoms with Gasteiger partial charge in [0, 0.05) is 6.42 Å². The van der Waals surface area contributed by atoms with Gasteiger partial charge in [-0.05, 0) is 28.7 Å². The summed E-state index contributed by atoms with van der Waals surface area (Å²) in [6.07, 6.45) is 0.205. The number of carbonyl (C=O) groups excluding carboxylic acids is 2. The Hall–Kier alpha value is -2.99. The third kappa shape index (κ3) is 3.31. The van der Waals surface area contributed by atoms with Crippen LogP contribution in [0.3, 0.4) is 0 Å². The molecule has 3 aromatic rings. The Morgan fingerprint density at radius 2 is 1.80 bits per heavy atom. The van der Waals surface area contributed by atoms with E-state index >= 15 is 0 Å². The summed E-state index contributed by atoms with van der Waals surface area (Å²) in [5.74, 6) is -1.31. The number of aromatic nitrogens is 1. The van der Waals surface area contributed by atoms with E-state index in [1.807, 2.05) is 48.5 Å². The highest BCUT2D eigenvalue weighted by Gasteiger charge is 2.45. The molecule has 0 radical (unpaired) electrons. The molecule has 0 fully saturated rings. The number of ketones is 1. The summed E-state index contributed by atoms with van der Waals surface area (Å²) in [6, 6.07) is 14.8.